The van der Waals surface area contributed by atoms with Gasteiger partial charge in [-0.05, 0) is 68.5 Å². The van der Waals surface area contributed by atoms with Gasteiger partial charge in [0.15, 0.2) is 5.71 Å². The van der Waals surface area contributed by atoms with Crippen LogP contribution in [0.1, 0.15) is 72.4 Å². The lowest BCUT2D eigenvalue weighted by Crippen LogP contribution is -2.26. The van der Waals surface area contributed by atoms with Crippen LogP contribution in [0.25, 0.3) is 0 Å². The maximum atomic E-state index is 2.37. The van der Waals surface area contributed by atoms with Gasteiger partial charge in [0.05, 0.1) is 5.41 Å². The molecule has 2 nitrogen and oxygen atoms in total. The Labute approximate surface area is 219 Å². The van der Waals surface area contributed by atoms with Gasteiger partial charge in [-0.25, -0.2) is 0 Å². The lowest BCUT2D eigenvalue weighted by Gasteiger charge is -2.24. The highest BCUT2D eigenvalue weighted by Gasteiger charge is 2.42. The number of anilines is 1. The first-order valence-corrected chi connectivity index (χ1v) is 13.3. The monoisotopic (exact) mass is 479 g/mol. The van der Waals surface area contributed by atoms with Crippen molar-refractivity contribution >= 4 is 17.1 Å². The molecule has 2 aliphatic heterocycles. The molecule has 188 valence electrons. The highest BCUT2D eigenvalue weighted by Crippen LogP contribution is 2.46. The number of para-hydroxylation sites is 2. The summed E-state index contributed by atoms with van der Waals surface area (Å²) >= 11 is 0. The first kappa shape index (κ1) is 25.9. The lowest BCUT2D eigenvalue weighted by atomic mass is 9.81. The second-order valence-electron chi connectivity index (χ2n) is 11.4. The first-order valence-electron chi connectivity index (χ1n) is 13.3. The molecule has 0 aromatic heterocycles. The van der Waals surface area contributed by atoms with Gasteiger partial charge in [-0.15, -0.1) is 0 Å². The minimum atomic E-state index is -0.00395. The average molecular weight is 480 g/mol. The molecule has 0 spiro atoms. The lowest BCUT2D eigenvalue weighted by molar-refractivity contribution is -0.401. The number of hydrogen-bond acceptors (Lipinski definition) is 1. The van der Waals surface area contributed by atoms with Crippen molar-refractivity contribution in [2.45, 2.75) is 72.1 Å². The molecule has 2 heteroatoms. The van der Waals surface area contributed by atoms with Crippen LogP contribution in [-0.4, -0.2) is 24.4 Å². The molecule has 2 aromatic rings. The van der Waals surface area contributed by atoms with Gasteiger partial charge in [0.25, 0.3) is 0 Å². The van der Waals surface area contributed by atoms with Crippen LogP contribution >= 0.6 is 0 Å². The minimum absolute atomic E-state index is 0.00379. The number of nitrogens with zero attached hydrogens (tertiary/aromatic N) is 2. The Kier molecular flexibility index (Phi) is 7.01. The first-order chi connectivity index (χ1) is 17.0. The summed E-state index contributed by atoms with van der Waals surface area (Å²) in [5.41, 5.74) is 12.2. The van der Waals surface area contributed by atoms with Crippen molar-refractivity contribution in [3.8, 4) is 0 Å². The number of benzene rings is 2. The third kappa shape index (κ3) is 4.32. The Bertz CT molecular complexity index is 1320. The Hall–Kier alpha value is -3.13. The average Bonchev–Trinajstić information content (AvgIpc) is 3.18. The normalized spacial score (nSPS) is 20.3. The number of fused-ring (bicyclic) bond motifs is 2. The van der Waals surface area contributed by atoms with Gasteiger partial charge in [0, 0.05) is 41.6 Å². The van der Waals surface area contributed by atoms with E-state index in [1.54, 1.807) is 0 Å². The molecule has 0 bridgehead atoms. The van der Waals surface area contributed by atoms with Gasteiger partial charge < -0.3 is 4.90 Å². The summed E-state index contributed by atoms with van der Waals surface area (Å²) in [4.78, 5) is 2.35. The molecule has 0 saturated heterocycles. The van der Waals surface area contributed by atoms with Crippen LogP contribution in [0.15, 0.2) is 95.3 Å². The zero-order chi connectivity index (χ0) is 26.3. The maximum Gasteiger partial charge on any atom is 0.209 e. The van der Waals surface area contributed by atoms with E-state index < -0.39 is 0 Å². The highest BCUT2D eigenvalue weighted by molar-refractivity contribution is 6.03. The fourth-order valence-electron chi connectivity index (χ4n) is 6.03. The van der Waals surface area contributed by atoms with E-state index in [9.17, 15) is 0 Å². The van der Waals surface area contributed by atoms with Crippen LogP contribution in [0, 0.1) is 0 Å². The van der Waals surface area contributed by atoms with Crippen molar-refractivity contribution in [3.63, 3.8) is 0 Å². The second kappa shape index (κ2) is 9.73. The van der Waals surface area contributed by atoms with E-state index in [0.29, 0.717) is 0 Å². The predicted octanol–water partition coefficient (Wildman–Crippen LogP) is 8.62. The van der Waals surface area contributed by atoms with Crippen LogP contribution in [-0.2, 0) is 10.8 Å². The Morgan fingerprint density at radius 1 is 0.917 bits per heavy atom. The Balaban J connectivity index is 1.67. The van der Waals surface area contributed by atoms with Gasteiger partial charge in [-0.2, -0.15) is 4.58 Å². The van der Waals surface area contributed by atoms with Gasteiger partial charge in [0.2, 0.25) is 5.69 Å². The standard InChI is InChI=1S/C34H43N2/c1-10-15-26(21-23-32-34(6,7)28-17-12-14-19-30(28)36(32)9)25(3)24(2)20-22-31-33(4,5)27-16-11-13-18-29(27)35(31)8/h11-14,16-23H,10,15H2,1-9H3/q+1. The molecule has 0 unspecified atom stereocenters. The Morgan fingerprint density at radius 2 is 1.56 bits per heavy atom. The van der Waals surface area contributed by atoms with E-state index in [4.69, 9.17) is 0 Å². The van der Waals surface area contributed by atoms with Crippen LogP contribution in [0.5, 0.6) is 0 Å². The van der Waals surface area contributed by atoms with Crippen LogP contribution < -0.4 is 4.90 Å². The largest absolute Gasteiger partial charge is 0.347 e. The third-order valence-electron chi connectivity index (χ3n) is 8.41. The summed E-state index contributed by atoms with van der Waals surface area (Å²) in [6, 6.07) is 17.5. The number of likely N-dealkylation sites (N-methyl/N-ethyl adjacent to an activating group) is 1. The summed E-state index contributed by atoms with van der Waals surface area (Å²) in [5, 5.41) is 0. The zero-order valence-corrected chi connectivity index (χ0v) is 23.7. The summed E-state index contributed by atoms with van der Waals surface area (Å²) in [6.45, 7) is 16.1. The summed E-state index contributed by atoms with van der Waals surface area (Å²) < 4.78 is 2.34. The number of rotatable bonds is 6. The van der Waals surface area contributed by atoms with Crippen molar-refractivity contribution in [2.24, 2.45) is 0 Å². The van der Waals surface area contributed by atoms with Crippen LogP contribution in [0.3, 0.4) is 0 Å². The van der Waals surface area contributed by atoms with E-state index in [1.807, 2.05) is 0 Å². The van der Waals surface area contributed by atoms with E-state index >= 15 is 0 Å². The smallest absolute Gasteiger partial charge is 0.209 e. The number of hydrogen-bond donors (Lipinski definition) is 0. The molecular formula is C34H43N2+. The molecular weight excluding hydrogens is 436 g/mol. The molecule has 36 heavy (non-hydrogen) atoms. The molecule has 0 saturated carbocycles. The van der Waals surface area contributed by atoms with E-state index in [1.165, 1.54) is 50.6 Å². The third-order valence-corrected chi connectivity index (χ3v) is 8.41. The fraction of sp³-hybridized carbons (Fsp3) is 0.382. The molecule has 0 aliphatic carbocycles. The molecule has 0 fully saturated rings. The zero-order valence-electron chi connectivity index (χ0n) is 23.7. The van der Waals surface area contributed by atoms with E-state index in [0.717, 1.165) is 12.8 Å². The topological polar surface area (TPSA) is 6.25 Å². The van der Waals surface area contributed by atoms with Crippen LogP contribution in [0.2, 0.25) is 0 Å². The maximum absolute atomic E-state index is 2.37. The Morgan fingerprint density at radius 3 is 2.19 bits per heavy atom. The van der Waals surface area contributed by atoms with Gasteiger partial charge >= 0.3 is 0 Å². The van der Waals surface area contributed by atoms with Crippen molar-refractivity contribution in [1.82, 2.24) is 0 Å². The van der Waals surface area contributed by atoms with Crippen molar-refractivity contribution < 1.29 is 4.58 Å². The fourth-order valence-corrected chi connectivity index (χ4v) is 6.03. The van der Waals surface area contributed by atoms with Crippen molar-refractivity contribution in [2.75, 3.05) is 19.0 Å². The van der Waals surface area contributed by atoms with Crippen LogP contribution in [0.4, 0.5) is 11.4 Å². The second-order valence-corrected chi connectivity index (χ2v) is 11.4. The quantitative estimate of drug-likeness (QED) is 0.297. The summed E-state index contributed by atoms with van der Waals surface area (Å²) in [7, 11) is 4.38. The predicted molar refractivity (Wildman–Crippen MR) is 157 cm³/mol. The molecule has 2 aromatic carbocycles. The van der Waals surface area contributed by atoms with Gasteiger partial charge in [-0.3, -0.25) is 0 Å². The SMILES string of the molecule is CCCC(=CC=C1N(C)c2ccccc2C1(C)C)C(C)=C(C)C=CC1=[N+](C)c2ccccc2C1(C)C. The molecule has 2 aliphatic rings. The van der Waals surface area contributed by atoms with Gasteiger partial charge in [-0.1, -0.05) is 75.7 Å². The molecule has 0 atom stereocenters. The van der Waals surface area contributed by atoms with Crippen molar-refractivity contribution in [3.05, 3.63) is 106 Å². The molecule has 0 N–H and O–H groups in total. The minimum Gasteiger partial charge on any atom is -0.347 e. The number of allylic oxidation sites excluding steroid dienone is 8. The van der Waals surface area contributed by atoms with E-state index in [2.05, 4.69) is 145 Å². The summed E-state index contributed by atoms with van der Waals surface area (Å²) in [5.74, 6) is 0. The molecule has 4 rings (SSSR count). The molecule has 2 heterocycles. The van der Waals surface area contributed by atoms with E-state index in [-0.39, 0.29) is 10.8 Å². The molecule has 0 amide bonds. The van der Waals surface area contributed by atoms with Crippen molar-refractivity contribution in [1.29, 1.82) is 0 Å². The summed E-state index contributed by atoms with van der Waals surface area (Å²) in [6.07, 6.45) is 11.6. The van der Waals surface area contributed by atoms with Gasteiger partial charge in [0.1, 0.15) is 7.05 Å². The molecule has 0 radical (unpaired) electrons. The highest BCUT2D eigenvalue weighted by atomic mass is 15.2.